The second-order valence-electron chi connectivity index (χ2n) is 5.21. The Hall–Kier alpha value is -1.13. The Kier molecular flexibility index (Phi) is 7.02. The molecule has 132 valence electrons. The van der Waals surface area contributed by atoms with E-state index in [9.17, 15) is 13.2 Å². The third-order valence-electron chi connectivity index (χ3n) is 3.61. The normalized spacial score (nSPS) is 21.0. The number of carbonyl (C=O) groups excluding carboxylic acids is 1. The Morgan fingerprint density at radius 1 is 1.48 bits per heavy atom. The van der Waals surface area contributed by atoms with E-state index in [4.69, 9.17) is 9.15 Å². The molecule has 10 heteroatoms. The Morgan fingerprint density at radius 3 is 2.78 bits per heavy atom. The van der Waals surface area contributed by atoms with Gasteiger partial charge < -0.3 is 19.2 Å². The molecule has 1 aromatic rings. The van der Waals surface area contributed by atoms with Gasteiger partial charge in [-0.1, -0.05) is 0 Å². The maximum absolute atomic E-state index is 12.2. The van der Waals surface area contributed by atoms with Crippen molar-refractivity contribution < 1.29 is 27.1 Å². The van der Waals surface area contributed by atoms with E-state index < -0.39 is 21.5 Å². The van der Waals surface area contributed by atoms with Crippen LogP contribution in [-0.4, -0.2) is 53.8 Å². The molecule has 0 aromatic carbocycles. The Bertz CT molecular complexity index is 624. The first-order valence-corrected chi connectivity index (χ1v) is 8.31. The van der Waals surface area contributed by atoms with Gasteiger partial charge in [0.1, 0.15) is 6.26 Å². The van der Waals surface area contributed by atoms with Crippen LogP contribution in [-0.2, 0) is 19.5 Å². The molecule has 0 saturated carbocycles. The summed E-state index contributed by atoms with van der Waals surface area (Å²) >= 11 is 0. The second-order valence-corrected chi connectivity index (χ2v) is 6.91. The van der Waals surface area contributed by atoms with E-state index in [1.54, 1.807) is 7.11 Å². The molecule has 1 aromatic heterocycles. The highest BCUT2D eigenvalue weighted by atomic mass is 35.5. The summed E-state index contributed by atoms with van der Waals surface area (Å²) < 4.78 is 41.6. The Balaban J connectivity index is 0.00000264. The van der Waals surface area contributed by atoms with E-state index in [2.05, 4.69) is 14.8 Å². The van der Waals surface area contributed by atoms with E-state index in [1.807, 2.05) is 0 Å². The van der Waals surface area contributed by atoms with Crippen molar-refractivity contribution in [1.82, 2.24) is 10.0 Å². The minimum absolute atomic E-state index is 0. The average molecular weight is 369 g/mol. The number of methoxy groups -OCH3 is 2. The molecule has 1 saturated heterocycles. The zero-order valence-electron chi connectivity index (χ0n) is 13.0. The second kappa shape index (κ2) is 8.11. The molecule has 1 aliphatic rings. The fraction of sp³-hybridized carbons (Fsp3) is 0.615. The molecule has 0 spiro atoms. The molecule has 1 fully saturated rings. The molecule has 23 heavy (non-hydrogen) atoms. The highest BCUT2D eigenvalue weighted by molar-refractivity contribution is 7.89. The van der Waals surface area contributed by atoms with Crippen molar-refractivity contribution in [3.63, 3.8) is 0 Å². The first kappa shape index (κ1) is 19.9. The van der Waals surface area contributed by atoms with Gasteiger partial charge in [-0.3, -0.25) is 0 Å². The number of sulfonamides is 1. The van der Waals surface area contributed by atoms with Gasteiger partial charge >= 0.3 is 5.97 Å². The predicted molar refractivity (Wildman–Crippen MR) is 84.3 cm³/mol. The van der Waals surface area contributed by atoms with Crippen LogP contribution in [0.4, 0.5) is 0 Å². The van der Waals surface area contributed by atoms with Crippen molar-refractivity contribution in [2.45, 2.75) is 23.5 Å². The number of hydrogen-bond acceptors (Lipinski definition) is 7. The molecular formula is C13H21ClN2O6S. The van der Waals surface area contributed by atoms with Crippen molar-refractivity contribution in [2.24, 2.45) is 0 Å². The van der Waals surface area contributed by atoms with Crippen LogP contribution in [0.2, 0.25) is 0 Å². The Morgan fingerprint density at radius 2 is 2.22 bits per heavy atom. The van der Waals surface area contributed by atoms with Gasteiger partial charge in [0.2, 0.25) is 5.09 Å². The van der Waals surface area contributed by atoms with E-state index in [0.29, 0.717) is 6.61 Å². The van der Waals surface area contributed by atoms with Gasteiger partial charge in [-0.2, -0.15) is 0 Å². The van der Waals surface area contributed by atoms with Crippen LogP contribution in [0, 0.1) is 0 Å². The average Bonchev–Trinajstić information content (AvgIpc) is 3.15. The van der Waals surface area contributed by atoms with Gasteiger partial charge in [-0.05, 0) is 19.4 Å². The van der Waals surface area contributed by atoms with Crippen molar-refractivity contribution >= 4 is 28.4 Å². The summed E-state index contributed by atoms with van der Waals surface area (Å²) in [5, 5.41) is 2.95. The van der Waals surface area contributed by atoms with E-state index in [-0.39, 0.29) is 29.6 Å². The van der Waals surface area contributed by atoms with Crippen molar-refractivity contribution in [3.8, 4) is 0 Å². The number of halogens is 1. The summed E-state index contributed by atoms with van der Waals surface area (Å²) in [4.78, 5) is 11.3. The molecule has 2 rings (SSSR count). The maximum Gasteiger partial charge on any atom is 0.341 e. The third kappa shape index (κ3) is 4.67. The highest BCUT2D eigenvalue weighted by Gasteiger charge is 2.35. The molecule has 0 amide bonds. The third-order valence-corrected chi connectivity index (χ3v) is 4.88. The summed E-state index contributed by atoms with van der Waals surface area (Å²) in [6.07, 6.45) is 2.83. The summed E-state index contributed by atoms with van der Waals surface area (Å²) in [7, 11) is -1.06. The smallest absolute Gasteiger partial charge is 0.341 e. The maximum atomic E-state index is 12.2. The molecule has 0 radical (unpaired) electrons. The number of hydrogen-bond donors (Lipinski definition) is 2. The lowest BCUT2D eigenvalue weighted by Crippen LogP contribution is -2.52. The van der Waals surface area contributed by atoms with Crippen molar-refractivity contribution in [2.75, 3.05) is 33.9 Å². The fourth-order valence-electron chi connectivity index (χ4n) is 2.46. The molecule has 8 nitrogen and oxygen atoms in total. The zero-order chi connectivity index (χ0) is 16.2. The number of esters is 1. The quantitative estimate of drug-likeness (QED) is 0.676. The van der Waals surface area contributed by atoms with Crippen LogP contribution < -0.4 is 10.0 Å². The van der Waals surface area contributed by atoms with Gasteiger partial charge in [0.25, 0.3) is 10.0 Å². The fourth-order valence-corrected chi connectivity index (χ4v) is 3.52. The topological polar surface area (TPSA) is 107 Å². The van der Waals surface area contributed by atoms with Crippen molar-refractivity contribution in [3.05, 3.63) is 17.9 Å². The molecule has 1 unspecified atom stereocenters. The van der Waals surface area contributed by atoms with E-state index in [1.165, 1.54) is 7.11 Å². The zero-order valence-corrected chi connectivity index (χ0v) is 14.6. The first-order valence-electron chi connectivity index (χ1n) is 6.83. The van der Waals surface area contributed by atoms with Gasteiger partial charge in [-0.15, -0.1) is 12.4 Å². The van der Waals surface area contributed by atoms with Crippen LogP contribution in [0.15, 0.2) is 21.8 Å². The van der Waals surface area contributed by atoms with Gasteiger partial charge in [0, 0.05) is 19.7 Å². The number of rotatable bonds is 7. The minimum atomic E-state index is -3.85. The molecule has 2 N–H and O–H groups in total. The Labute approximate surface area is 141 Å². The standard InChI is InChI=1S/C13H20N2O6S.ClH/c1-19-9-13(4-3-5-14-13)8-15-22(17,18)11-6-10(7-21-11)12(16)20-2;/h6-7,14-15H,3-5,8-9H2,1-2H3;1H. The summed E-state index contributed by atoms with van der Waals surface area (Å²) in [5.41, 5.74) is -0.368. The van der Waals surface area contributed by atoms with Crippen LogP contribution >= 0.6 is 12.4 Å². The first-order chi connectivity index (χ1) is 10.4. The van der Waals surface area contributed by atoms with Crippen LogP contribution in [0.3, 0.4) is 0 Å². The summed E-state index contributed by atoms with van der Waals surface area (Å²) in [6.45, 7) is 1.40. The SMILES string of the molecule is COCC1(CNS(=O)(=O)c2cc(C(=O)OC)co2)CCCN1.Cl. The largest absolute Gasteiger partial charge is 0.465 e. The number of nitrogens with one attached hydrogen (secondary N) is 2. The number of furan rings is 1. The highest BCUT2D eigenvalue weighted by Crippen LogP contribution is 2.20. The van der Waals surface area contributed by atoms with E-state index in [0.717, 1.165) is 31.7 Å². The monoisotopic (exact) mass is 368 g/mol. The summed E-state index contributed by atoms with van der Waals surface area (Å²) in [6, 6.07) is 1.14. The lowest BCUT2D eigenvalue weighted by Gasteiger charge is -2.28. The molecule has 1 atom stereocenters. The van der Waals surface area contributed by atoms with Crippen molar-refractivity contribution in [1.29, 1.82) is 0 Å². The lowest BCUT2D eigenvalue weighted by molar-refractivity contribution is 0.0600. The lowest BCUT2D eigenvalue weighted by atomic mass is 9.99. The van der Waals surface area contributed by atoms with Gasteiger partial charge in [-0.25, -0.2) is 17.9 Å². The molecular weight excluding hydrogens is 348 g/mol. The minimum Gasteiger partial charge on any atom is -0.465 e. The predicted octanol–water partition coefficient (Wildman–Crippen LogP) is 0.535. The van der Waals surface area contributed by atoms with Crippen LogP contribution in [0.25, 0.3) is 0 Å². The summed E-state index contributed by atoms with van der Waals surface area (Å²) in [5.74, 6) is -0.654. The van der Waals surface area contributed by atoms with Gasteiger partial charge in [0.05, 0.1) is 24.8 Å². The number of ether oxygens (including phenoxy) is 2. The van der Waals surface area contributed by atoms with Crippen LogP contribution in [0.5, 0.6) is 0 Å². The number of carbonyl (C=O) groups is 1. The molecule has 0 bridgehead atoms. The molecule has 1 aliphatic heterocycles. The van der Waals surface area contributed by atoms with E-state index >= 15 is 0 Å². The van der Waals surface area contributed by atoms with Gasteiger partial charge in [0.15, 0.2) is 0 Å². The molecule has 0 aliphatic carbocycles. The van der Waals surface area contributed by atoms with Crippen LogP contribution in [0.1, 0.15) is 23.2 Å². The molecule has 2 heterocycles.